The predicted molar refractivity (Wildman–Crippen MR) is 72.1 cm³/mol. The lowest BCUT2D eigenvalue weighted by Crippen LogP contribution is -2.30. The molecule has 1 rings (SSSR count). The Hall–Kier alpha value is -1.26. The molecular weight excluding hydrogens is 238 g/mol. The maximum Gasteiger partial charge on any atom is 0.124 e. The minimum Gasteiger partial charge on any atom is -0.395 e. The normalized spacial score (nSPS) is 10.3. The van der Waals surface area contributed by atoms with Crippen LogP contribution >= 0.6 is 11.6 Å². The number of hydrogen-bond acceptors (Lipinski definition) is 3. The average Bonchev–Trinajstić information content (AvgIpc) is 2.28. The topological polar surface area (TPSA) is 73.3 Å². The molecule has 4 N–H and O–H groups in total. The SMILES string of the molecule is CCCN(CCO)c1ccc(Cl)cc1C(=N)N. The fourth-order valence-corrected chi connectivity index (χ4v) is 1.92. The van der Waals surface area contributed by atoms with Crippen LogP contribution in [0.25, 0.3) is 0 Å². The smallest absolute Gasteiger partial charge is 0.124 e. The molecule has 1 aromatic carbocycles. The zero-order chi connectivity index (χ0) is 12.8. The number of nitrogens with two attached hydrogens (primary N) is 1. The van der Waals surface area contributed by atoms with E-state index in [2.05, 4.69) is 6.92 Å². The number of nitrogens with zero attached hydrogens (tertiary/aromatic N) is 1. The summed E-state index contributed by atoms with van der Waals surface area (Å²) >= 11 is 5.90. The predicted octanol–water partition coefficient (Wildman–Crippen LogP) is 1.83. The number of aliphatic hydroxyl groups is 1. The van der Waals surface area contributed by atoms with Crippen molar-refractivity contribution in [3.05, 3.63) is 28.8 Å². The van der Waals surface area contributed by atoms with Crippen molar-refractivity contribution in [3.63, 3.8) is 0 Å². The highest BCUT2D eigenvalue weighted by Crippen LogP contribution is 2.24. The maximum absolute atomic E-state index is 9.06. The number of anilines is 1. The standard InChI is InChI=1S/C12H18ClN3O/c1-2-5-16(6-7-17)11-4-3-9(13)8-10(11)12(14)15/h3-4,8,17H,2,5-7H2,1H3,(H3,14,15). The van der Waals surface area contributed by atoms with Gasteiger partial charge >= 0.3 is 0 Å². The number of hydrogen-bond donors (Lipinski definition) is 3. The summed E-state index contributed by atoms with van der Waals surface area (Å²) in [6.45, 7) is 3.46. The third kappa shape index (κ3) is 3.61. The summed E-state index contributed by atoms with van der Waals surface area (Å²) in [6.07, 6.45) is 0.958. The maximum atomic E-state index is 9.06. The molecule has 0 aliphatic heterocycles. The van der Waals surface area contributed by atoms with E-state index in [1.54, 1.807) is 12.1 Å². The van der Waals surface area contributed by atoms with Crippen LogP contribution in [0, 0.1) is 5.41 Å². The Morgan fingerprint density at radius 2 is 2.18 bits per heavy atom. The first-order valence-corrected chi connectivity index (χ1v) is 5.97. The number of rotatable bonds is 6. The third-order valence-corrected chi connectivity index (χ3v) is 2.69. The van der Waals surface area contributed by atoms with Gasteiger partial charge in [-0.25, -0.2) is 0 Å². The number of aliphatic hydroxyl groups excluding tert-OH is 1. The number of amidine groups is 1. The first kappa shape index (κ1) is 13.8. The molecule has 0 saturated carbocycles. The summed E-state index contributed by atoms with van der Waals surface area (Å²) < 4.78 is 0. The molecule has 0 heterocycles. The van der Waals surface area contributed by atoms with E-state index in [0.717, 1.165) is 18.7 Å². The van der Waals surface area contributed by atoms with Gasteiger partial charge in [-0.3, -0.25) is 5.41 Å². The molecular formula is C12H18ClN3O. The van der Waals surface area contributed by atoms with E-state index in [4.69, 9.17) is 27.9 Å². The Morgan fingerprint density at radius 3 is 2.71 bits per heavy atom. The van der Waals surface area contributed by atoms with Crippen molar-refractivity contribution in [3.8, 4) is 0 Å². The summed E-state index contributed by atoms with van der Waals surface area (Å²) in [6, 6.07) is 5.28. The van der Waals surface area contributed by atoms with Crippen molar-refractivity contribution in [2.75, 3.05) is 24.6 Å². The molecule has 0 saturated heterocycles. The summed E-state index contributed by atoms with van der Waals surface area (Å²) in [5.74, 6) is -0.0125. The van der Waals surface area contributed by atoms with E-state index in [1.165, 1.54) is 0 Å². The van der Waals surface area contributed by atoms with Gasteiger partial charge in [0.1, 0.15) is 5.84 Å². The molecule has 0 fully saturated rings. The van der Waals surface area contributed by atoms with E-state index in [9.17, 15) is 0 Å². The molecule has 0 amide bonds. The second-order valence-electron chi connectivity index (χ2n) is 3.79. The van der Waals surface area contributed by atoms with Gasteiger partial charge in [0.05, 0.1) is 6.61 Å². The Balaban J connectivity index is 3.12. The number of nitrogen functional groups attached to an aromatic ring is 1. The molecule has 4 nitrogen and oxygen atoms in total. The van der Waals surface area contributed by atoms with Gasteiger partial charge < -0.3 is 15.7 Å². The zero-order valence-electron chi connectivity index (χ0n) is 9.91. The van der Waals surface area contributed by atoms with Gasteiger partial charge in [-0.2, -0.15) is 0 Å². The highest BCUT2D eigenvalue weighted by molar-refractivity contribution is 6.31. The Bertz CT molecular complexity index is 389. The molecule has 0 unspecified atom stereocenters. The second kappa shape index (κ2) is 6.47. The summed E-state index contributed by atoms with van der Waals surface area (Å²) in [4.78, 5) is 2.01. The molecule has 0 aromatic heterocycles. The summed E-state index contributed by atoms with van der Waals surface area (Å²) in [5, 5.41) is 17.2. The average molecular weight is 256 g/mol. The summed E-state index contributed by atoms with van der Waals surface area (Å²) in [5.41, 5.74) is 7.00. The monoisotopic (exact) mass is 255 g/mol. The van der Waals surface area contributed by atoms with Crippen LogP contribution in [0.3, 0.4) is 0 Å². The quantitative estimate of drug-likeness (QED) is 0.536. The molecule has 17 heavy (non-hydrogen) atoms. The van der Waals surface area contributed by atoms with Crippen molar-refractivity contribution in [2.24, 2.45) is 5.73 Å². The Morgan fingerprint density at radius 1 is 1.47 bits per heavy atom. The van der Waals surface area contributed by atoms with Gasteiger partial charge in [0, 0.05) is 29.4 Å². The van der Waals surface area contributed by atoms with Gasteiger partial charge in [-0.15, -0.1) is 0 Å². The van der Waals surface area contributed by atoms with Crippen LogP contribution in [0.1, 0.15) is 18.9 Å². The minimum absolute atomic E-state index is 0.0125. The lowest BCUT2D eigenvalue weighted by atomic mass is 10.1. The first-order chi connectivity index (χ1) is 8.10. The summed E-state index contributed by atoms with van der Waals surface area (Å²) in [7, 11) is 0. The van der Waals surface area contributed by atoms with Crippen molar-refractivity contribution >= 4 is 23.1 Å². The number of benzene rings is 1. The molecule has 0 aliphatic carbocycles. The molecule has 0 bridgehead atoms. The van der Waals surface area contributed by atoms with Crippen molar-refractivity contribution in [1.82, 2.24) is 0 Å². The van der Waals surface area contributed by atoms with Crippen LogP contribution in [-0.4, -0.2) is 30.6 Å². The number of halogens is 1. The van der Waals surface area contributed by atoms with Gasteiger partial charge in [0.25, 0.3) is 0 Å². The van der Waals surface area contributed by atoms with E-state index >= 15 is 0 Å². The molecule has 1 aromatic rings. The molecule has 0 spiro atoms. The second-order valence-corrected chi connectivity index (χ2v) is 4.22. The van der Waals surface area contributed by atoms with Crippen LogP contribution in [0.15, 0.2) is 18.2 Å². The molecule has 0 aliphatic rings. The molecule has 0 atom stereocenters. The lowest BCUT2D eigenvalue weighted by Gasteiger charge is -2.25. The highest BCUT2D eigenvalue weighted by atomic mass is 35.5. The first-order valence-electron chi connectivity index (χ1n) is 5.60. The molecule has 5 heteroatoms. The van der Waals surface area contributed by atoms with Gasteiger partial charge in [0.2, 0.25) is 0 Å². The number of nitrogens with one attached hydrogen (secondary N) is 1. The molecule has 0 radical (unpaired) electrons. The van der Waals surface area contributed by atoms with E-state index in [-0.39, 0.29) is 12.4 Å². The van der Waals surface area contributed by atoms with E-state index < -0.39 is 0 Å². The van der Waals surface area contributed by atoms with E-state index in [1.807, 2.05) is 11.0 Å². The van der Waals surface area contributed by atoms with Crippen LogP contribution in [0.2, 0.25) is 5.02 Å². The fourth-order valence-electron chi connectivity index (χ4n) is 1.74. The largest absolute Gasteiger partial charge is 0.395 e. The Labute approximate surface area is 107 Å². The zero-order valence-corrected chi connectivity index (χ0v) is 10.7. The molecule has 94 valence electrons. The Kier molecular flexibility index (Phi) is 5.25. The van der Waals surface area contributed by atoms with E-state index in [0.29, 0.717) is 17.1 Å². The fraction of sp³-hybridized carbons (Fsp3) is 0.417. The van der Waals surface area contributed by atoms with Crippen molar-refractivity contribution in [2.45, 2.75) is 13.3 Å². The van der Waals surface area contributed by atoms with Crippen LogP contribution in [-0.2, 0) is 0 Å². The van der Waals surface area contributed by atoms with Crippen LogP contribution in [0.5, 0.6) is 0 Å². The van der Waals surface area contributed by atoms with Gasteiger partial charge in [0.15, 0.2) is 0 Å². The third-order valence-electron chi connectivity index (χ3n) is 2.45. The van der Waals surface area contributed by atoms with Crippen LogP contribution < -0.4 is 10.6 Å². The lowest BCUT2D eigenvalue weighted by molar-refractivity contribution is 0.302. The van der Waals surface area contributed by atoms with Gasteiger partial charge in [-0.1, -0.05) is 18.5 Å². The van der Waals surface area contributed by atoms with Crippen molar-refractivity contribution in [1.29, 1.82) is 5.41 Å². The van der Waals surface area contributed by atoms with Crippen LogP contribution in [0.4, 0.5) is 5.69 Å². The highest BCUT2D eigenvalue weighted by Gasteiger charge is 2.12. The minimum atomic E-state index is -0.0125. The van der Waals surface area contributed by atoms with Crippen molar-refractivity contribution < 1.29 is 5.11 Å². The van der Waals surface area contributed by atoms with Gasteiger partial charge in [-0.05, 0) is 24.6 Å².